The lowest BCUT2D eigenvalue weighted by atomic mass is 10.3. The molecule has 2 amide bonds. The van der Waals surface area contributed by atoms with E-state index in [2.05, 4.69) is 34.3 Å². The number of thiazole rings is 1. The van der Waals surface area contributed by atoms with Crippen molar-refractivity contribution in [1.29, 1.82) is 0 Å². The van der Waals surface area contributed by atoms with Crippen LogP contribution >= 0.6 is 22.7 Å². The minimum absolute atomic E-state index is 0.176. The number of hydrogen-bond acceptors (Lipinski definition) is 6. The van der Waals surface area contributed by atoms with Crippen molar-refractivity contribution in [3.05, 3.63) is 21.1 Å². The minimum Gasteiger partial charge on any atom is -0.322 e. The molecule has 0 aliphatic carbocycles. The monoisotopic (exact) mass is 339 g/mol. The first-order chi connectivity index (χ1) is 10.6. The van der Waals surface area contributed by atoms with Crippen LogP contribution in [0.3, 0.4) is 0 Å². The number of unbranched alkanes of at least 4 members (excludes halogenated alkanes) is 1. The first kappa shape index (κ1) is 16.8. The zero-order chi connectivity index (χ0) is 15.9. The standard InChI is InChI=1S/C14H21N5OS2/c1-4-6-7-12-17-18-13(22-12)16-14(20)19(3)9-10-8-15-11(5-2)21-10/h8H,4-7,9H2,1-3H3,(H,16,18,20). The third-order valence-electron chi connectivity index (χ3n) is 3.07. The number of nitrogens with one attached hydrogen (secondary N) is 1. The van der Waals surface area contributed by atoms with Crippen molar-refractivity contribution < 1.29 is 4.79 Å². The quantitative estimate of drug-likeness (QED) is 0.837. The van der Waals surface area contributed by atoms with Crippen molar-refractivity contribution in [3.8, 4) is 0 Å². The molecule has 2 aromatic rings. The molecule has 0 aromatic carbocycles. The molecule has 0 fully saturated rings. The number of aromatic nitrogens is 3. The van der Waals surface area contributed by atoms with Crippen LogP contribution in [0.5, 0.6) is 0 Å². The van der Waals surface area contributed by atoms with Gasteiger partial charge in [0.1, 0.15) is 5.01 Å². The number of anilines is 1. The summed E-state index contributed by atoms with van der Waals surface area (Å²) in [5, 5.41) is 13.5. The lowest BCUT2D eigenvalue weighted by Gasteiger charge is -2.15. The molecule has 0 saturated carbocycles. The van der Waals surface area contributed by atoms with Crippen LogP contribution < -0.4 is 5.32 Å². The Morgan fingerprint density at radius 3 is 2.77 bits per heavy atom. The Labute approximate surface area is 138 Å². The van der Waals surface area contributed by atoms with Crippen LogP contribution in [-0.2, 0) is 19.4 Å². The minimum atomic E-state index is -0.176. The number of hydrogen-bond donors (Lipinski definition) is 1. The number of carbonyl (C=O) groups is 1. The summed E-state index contributed by atoms with van der Waals surface area (Å²) in [7, 11) is 1.76. The smallest absolute Gasteiger partial charge is 0.322 e. The maximum absolute atomic E-state index is 12.2. The van der Waals surface area contributed by atoms with E-state index in [0.717, 1.165) is 40.6 Å². The summed E-state index contributed by atoms with van der Waals surface area (Å²) in [5.74, 6) is 0. The van der Waals surface area contributed by atoms with Crippen molar-refractivity contribution in [2.75, 3.05) is 12.4 Å². The largest absolute Gasteiger partial charge is 0.323 e. The molecule has 22 heavy (non-hydrogen) atoms. The van der Waals surface area contributed by atoms with E-state index in [9.17, 15) is 4.79 Å². The topological polar surface area (TPSA) is 71.0 Å². The highest BCUT2D eigenvalue weighted by molar-refractivity contribution is 7.15. The highest BCUT2D eigenvalue weighted by atomic mass is 32.1. The maximum atomic E-state index is 12.2. The molecule has 0 bridgehead atoms. The third kappa shape index (κ3) is 4.74. The second-order valence-electron chi connectivity index (χ2n) is 4.96. The predicted molar refractivity (Wildman–Crippen MR) is 90.5 cm³/mol. The summed E-state index contributed by atoms with van der Waals surface area (Å²) in [6.45, 7) is 4.76. The number of urea groups is 1. The van der Waals surface area contributed by atoms with Crippen LogP contribution in [0.25, 0.3) is 0 Å². The zero-order valence-electron chi connectivity index (χ0n) is 13.1. The van der Waals surface area contributed by atoms with E-state index in [4.69, 9.17) is 0 Å². The summed E-state index contributed by atoms with van der Waals surface area (Å²) >= 11 is 3.08. The van der Waals surface area contributed by atoms with E-state index in [1.165, 1.54) is 11.3 Å². The van der Waals surface area contributed by atoms with Gasteiger partial charge in [-0.25, -0.2) is 9.78 Å². The predicted octanol–water partition coefficient (Wildman–Crippen LogP) is 3.56. The summed E-state index contributed by atoms with van der Waals surface area (Å²) in [6.07, 6.45) is 5.89. The third-order valence-corrected chi connectivity index (χ3v) is 5.09. The molecule has 0 aliphatic heterocycles. The molecular weight excluding hydrogens is 318 g/mol. The summed E-state index contributed by atoms with van der Waals surface area (Å²) in [6, 6.07) is -0.176. The highest BCUT2D eigenvalue weighted by Crippen LogP contribution is 2.19. The molecule has 1 N–H and O–H groups in total. The zero-order valence-corrected chi connectivity index (χ0v) is 14.8. The van der Waals surface area contributed by atoms with Gasteiger partial charge in [0.25, 0.3) is 0 Å². The van der Waals surface area contributed by atoms with Gasteiger partial charge in [-0.1, -0.05) is 31.6 Å². The molecule has 8 heteroatoms. The van der Waals surface area contributed by atoms with Crippen molar-refractivity contribution in [2.24, 2.45) is 0 Å². The average Bonchev–Trinajstić information content (AvgIpc) is 3.14. The molecular formula is C14H21N5OS2. The van der Waals surface area contributed by atoms with Crippen molar-refractivity contribution >= 4 is 33.8 Å². The van der Waals surface area contributed by atoms with Crippen LogP contribution in [0.2, 0.25) is 0 Å². The second-order valence-corrected chi connectivity index (χ2v) is 7.23. The fourth-order valence-corrected chi connectivity index (χ4v) is 3.50. The molecule has 0 spiro atoms. The molecule has 2 heterocycles. The number of nitrogens with zero attached hydrogens (tertiary/aromatic N) is 4. The van der Waals surface area contributed by atoms with Crippen LogP contribution in [0.15, 0.2) is 6.20 Å². The van der Waals surface area contributed by atoms with Crippen LogP contribution in [-0.4, -0.2) is 33.2 Å². The van der Waals surface area contributed by atoms with E-state index in [0.29, 0.717) is 11.7 Å². The van der Waals surface area contributed by atoms with Gasteiger partial charge < -0.3 is 4.90 Å². The fourth-order valence-electron chi connectivity index (χ4n) is 1.81. The van der Waals surface area contributed by atoms with Gasteiger partial charge in [-0.15, -0.1) is 21.5 Å². The SMILES string of the molecule is CCCCc1nnc(NC(=O)N(C)Cc2cnc(CC)s2)s1. The van der Waals surface area contributed by atoms with E-state index in [1.54, 1.807) is 23.3 Å². The molecule has 2 aromatic heterocycles. The number of amides is 2. The lowest BCUT2D eigenvalue weighted by molar-refractivity contribution is 0.221. The summed E-state index contributed by atoms with van der Waals surface area (Å²) in [5.41, 5.74) is 0. The normalized spacial score (nSPS) is 10.7. The first-order valence-electron chi connectivity index (χ1n) is 7.40. The van der Waals surface area contributed by atoms with E-state index >= 15 is 0 Å². The second kappa shape index (κ2) is 8.19. The Morgan fingerprint density at radius 1 is 1.27 bits per heavy atom. The maximum Gasteiger partial charge on any atom is 0.323 e. The van der Waals surface area contributed by atoms with Gasteiger partial charge >= 0.3 is 6.03 Å². The fraction of sp³-hybridized carbons (Fsp3) is 0.571. The van der Waals surface area contributed by atoms with Crippen LogP contribution in [0.1, 0.15) is 41.6 Å². The summed E-state index contributed by atoms with van der Waals surface area (Å²) < 4.78 is 0. The average molecular weight is 339 g/mol. The molecule has 6 nitrogen and oxygen atoms in total. The molecule has 2 rings (SSSR count). The highest BCUT2D eigenvalue weighted by Gasteiger charge is 2.13. The lowest BCUT2D eigenvalue weighted by Crippen LogP contribution is -2.30. The first-order valence-corrected chi connectivity index (χ1v) is 9.03. The Bertz CT molecular complexity index is 610. The molecule has 0 aliphatic rings. The Hall–Kier alpha value is -1.54. The molecule has 0 radical (unpaired) electrons. The van der Waals surface area contributed by atoms with E-state index < -0.39 is 0 Å². The van der Waals surface area contributed by atoms with Gasteiger partial charge in [0.05, 0.1) is 11.6 Å². The number of carbonyl (C=O) groups excluding carboxylic acids is 1. The number of rotatable bonds is 7. The Kier molecular flexibility index (Phi) is 6.26. The van der Waals surface area contributed by atoms with Gasteiger partial charge in [0.2, 0.25) is 5.13 Å². The number of aryl methyl sites for hydroxylation is 2. The molecule has 120 valence electrons. The van der Waals surface area contributed by atoms with Crippen molar-refractivity contribution in [2.45, 2.75) is 46.1 Å². The summed E-state index contributed by atoms with van der Waals surface area (Å²) in [4.78, 5) is 19.2. The van der Waals surface area contributed by atoms with Gasteiger partial charge in [-0.2, -0.15) is 0 Å². The molecule has 0 atom stereocenters. The van der Waals surface area contributed by atoms with Crippen LogP contribution in [0, 0.1) is 0 Å². The Balaban J connectivity index is 1.86. The van der Waals surface area contributed by atoms with Gasteiger partial charge in [-0.3, -0.25) is 5.32 Å². The van der Waals surface area contributed by atoms with Gasteiger partial charge in [0, 0.05) is 24.5 Å². The van der Waals surface area contributed by atoms with Crippen molar-refractivity contribution in [1.82, 2.24) is 20.1 Å². The molecule has 0 unspecified atom stereocenters. The molecule has 0 saturated heterocycles. The Morgan fingerprint density at radius 2 is 2.09 bits per heavy atom. The van der Waals surface area contributed by atoms with Gasteiger partial charge in [-0.05, 0) is 12.8 Å². The van der Waals surface area contributed by atoms with E-state index in [1.807, 2.05) is 6.20 Å². The van der Waals surface area contributed by atoms with Gasteiger partial charge in [0.15, 0.2) is 0 Å². The van der Waals surface area contributed by atoms with Crippen LogP contribution in [0.4, 0.5) is 9.93 Å². The van der Waals surface area contributed by atoms with E-state index in [-0.39, 0.29) is 6.03 Å². The van der Waals surface area contributed by atoms with Crippen molar-refractivity contribution in [3.63, 3.8) is 0 Å².